The topological polar surface area (TPSA) is 148 Å². The number of hydrogen-bond donors (Lipinski definition) is 2. The van der Waals surface area contributed by atoms with Crippen LogP contribution in [0, 0.1) is 0 Å². The van der Waals surface area contributed by atoms with Crippen molar-refractivity contribution in [3.63, 3.8) is 0 Å². The molecule has 0 aromatic heterocycles. The normalized spacial score (nSPS) is 12.6. The molecular weight excluding hydrogens is 796 g/mol. The van der Waals surface area contributed by atoms with Crippen molar-refractivity contribution in [1.82, 2.24) is 10.6 Å². The number of carbonyl (C=O) groups is 3. The molecule has 61 heavy (non-hydrogen) atoms. The number of ether oxygens (including phenoxy) is 3. The van der Waals surface area contributed by atoms with E-state index in [1.165, 1.54) is 32.0 Å². The predicted molar refractivity (Wildman–Crippen MR) is 229 cm³/mol. The van der Waals surface area contributed by atoms with Crippen molar-refractivity contribution in [2.24, 2.45) is 0 Å². The maximum Gasteiger partial charge on any atom is 0.530 e. The highest BCUT2D eigenvalue weighted by atomic mass is 31.2. The zero-order valence-electron chi connectivity index (χ0n) is 33.8. The van der Waals surface area contributed by atoms with Crippen LogP contribution >= 0.6 is 7.82 Å². The molecule has 0 aliphatic rings. The fourth-order valence-electron chi connectivity index (χ4n) is 5.89. The first-order valence-electron chi connectivity index (χ1n) is 19.6. The van der Waals surface area contributed by atoms with E-state index in [9.17, 15) is 18.9 Å². The molecule has 0 heterocycles. The Labute approximate surface area is 355 Å². The third-order valence-electron chi connectivity index (χ3n) is 9.38. The van der Waals surface area contributed by atoms with Crippen molar-refractivity contribution in [2.75, 3.05) is 0 Å². The van der Waals surface area contributed by atoms with Crippen LogP contribution in [0.5, 0.6) is 11.5 Å². The minimum Gasteiger partial charge on any atom is -0.485 e. The summed E-state index contributed by atoms with van der Waals surface area (Å²) in [5.74, 6) is -1.44. The van der Waals surface area contributed by atoms with Crippen LogP contribution in [0.25, 0.3) is 0 Å². The van der Waals surface area contributed by atoms with Crippen molar-refractivity contribution in [2.45, 2.75) is 58.5 Å². The molecule has 314 valence electrons. The van der Waals surface area contributed by atoms with Crippen molar-refractivity contribution < 1.29 is 46.7 Å². The van der Waals surface area contributed by atoms with Gasteiger partial charge in [0.2, 0.25) is 0 Å². The average molecular weight is 843 g/mol. The lowest BCUT2D eigenvalue weighted by atomic mass is 9.90. The average Bonchev–Trinajstić information content (AvgIpc) is 3.30. The van der Waals surface area contributed by atoms with Crippen LogP contribution in [0.3, 0.4) is 0 Å². The van der Waals surface area contributed by atoms with Gasteiger partial charge in [-0.2, -0.15) is 0 Å². The van der Waals surface area contributed by atoms with Gasteiger partial charge in [-0.25, -0.2) is 14.2 Å². The number of amides is 2. The second-order valence-corrected chi connectivity index (χ2v) is 15.7. The molecule has 6 aromatic carbocycles. The number of phosphoric ester groups is 1. The summed E-state index contributed by atoms with van der Waals surface area (Å²) in [5, 5.41) is 5.39. The Morgan fingerprint density at radius 2 is 0.984 bits per heavy atom. The van der Waals surface area contributed by atoms with E-state index < -0.39 is 37.4 Å². The van der Waals surface area contributed by atoms with Gasteiger partial charge < -0.3 is 29.4 Å². The van der Waals surface area contributed by atoms with Crippen LogP contribution in [0.4, 0.5) is 4.79 Å². The van der Waals surface area contributed by atoms with Gasteiger partial charge in [0.25, 0.3) is 5.91 Å². The summed E-state index contributed by atoms with van der Waals surface area (Å²) >= 11 is 0. The van der Waals surface area contributed by atoms with Crippen molar-refractivity contribution in [3.8, 4) is 11.5 Å². The highest BCUT2D eigenvalue weighted by Crippen LogP contribution is 2.53. The second-order valence-electron chi connectivity index (χ2n) is 14.1. The van der Waals surface area contributed by atoms with Crippen LogP contribution in [0.15, 0.2) is 170 Å². The molecule has 2 N–H and O–H groups in total. The maximum atomic E-state index is 14.5. The number of rotatable bonds is 20. The van der Waals surface area contributed by atoms with Gasteiger partial charge in [0, 0.05) is 0 Å². The summed E-state index contributed by atoms with van der Waals surface area (Å²) < 4.78 is 49.8. The molecule has 0 fully saturated rings. The molecule has 2 amide bonds. The molecule has 0 aliphatic carbocycles. The number of hydrogen-bond acceptors (Lipinski definition) is 10. The SMILES string of the molecule is C[C@H](NC(=O)[C@@](C)(NC(=O)OCc1ccccc1)c1ccc(OP(=O)(OCc2ccccc2)OCc2ccccc2)c(OCc2ccccc2)c1)C(=O)OCc1ccccc1. The lowest BCUT2D eigenvalue weighted by Gasteiger charge is -2.31. The number of benzene rings is 6. The van der Waals surface area contributed by atoms with Gasteiger partial charge in [0.05, 0.1) is 13.2 Å². The summed E-state index contributed by atoms with van der Waals surface area (Å²) in [6, 6.07) is 49.1. The number of esters is 1. The summed E-state index contributed by atoms with van der Waals surface area (Å²) in [5.41, 5.74) is 2.08. The monoisotopic (exact) mass is 842 g/mol. The van der Waals surface area contributed by atoms with Crippen LogP contribution in [0.1, 0.15) is 47.2 Å². The van der Waals surface area contributed by atoms with E-state index in [1.807, 2.05) is 140 Å². The highest BCUT2D eigenvalue weighted by Gasteiger charge is 2.40. The molecule has 0 spiro atoms. The Hall–Kier alpha value is -6.72. The van der Waals surface area contributed by atoms with Gasteiger partial charge in [0.1, 0.15) is 31.4 Å². The fraction of sp³-hybridized carbons (Fsp3) is 0.188. The Kier molecular flexibility index (Phi) is 15.5. The van der Waals surface area contributed by atoms with Gasteiger partial charge in [0.15, 0.2) is 11.5 Å². The first-order chi connectivity index (χ1) is 29.6. The second kappa shape index (κ2) is 21.5. The Morgan fingerprint density at radius 3 is 1.46 bits per heavy atom. The van der Waals surface area contributed by atoms with Crippen molar-refractivity contribution >= 4 is 25.8 Å². The van der Waals surface area contributed by atoms with Gasteiger partial charge in [-0.05, 0) is 59.4 Å². The largest absolute Gasteiger partial charge is 0.530 e. The Bertz CT molecular complexity index is 2320. The summed E-state index contributed by atoms with van der Waals surface area (Å²) in [4.78, 5) is 40.9. The lowest BCUT2D eigenvalue weighted by molar-refractivity contribution is -0.149. The number of phosphoric acid groups is 1. The van der Waals surface area contributed by atoms with E-state index in [4.69, 9.17) is 27.8 Å². The zero-order chi connectivity index (χ0) is 42.9. The van der Waals surface area contributed by atoms with Crippen molar-refractivity contribution in [3.05, 3.63) is 203 Å². The lowest BCUT2D eigenvalue weighted by Crippen LogP contribution is -2.57. The highest BCUT2D eigenvalue weighted by molar-refractivity contribution is 7.48. The van der Waals surface area contributed by atoms with Crippen molar-refractivity contribution in [1.29, 1.82) is 0 Å². The zero-order valence-corrected chi connectivity index (χ0v) is 34.7. The quantitative estimate of drug-likeness (QED) is 0.0563. The summed E-state index contributed by atoms with van der Waals surface area (Å²) in [7, 11) is -4.39. The standard InChI is InChI=1S/C48H47N2O10P/c1-36(45(51)56-32-38-20-10-4-11-21-38)49-46(52)48(2,50-47(53)57-33-39-22-12-5-13-23-39)42-28-29-43(44(30-42)55-31-37-18-8-3-9-19-37)60-61(54,58-34-40-24-14-6-15-25-40)59-35-41-26-16-7-17-27-41/h3-30,36H,31-35H2,1-2H3,(H,49,52)(H,50,53)/t36-,48-/m0/s1. The summed E-state index contributed by atoms with van der Waals surface area (Å²) in [6.07, 6.45) is -0.916. The van der Waals surface area contributed by atoms with E-state index in [2.05, 4.69) is 10.6 Å². The third kappa shape index (κ3) is 13.1. The Balaban J connectivity index is 1.31. The smallest absolute Gasteiger partial charge is 0.485 e. The molecule has 6 rings (SSSR count). The molecule has 0 radical (unpaired) electrons. The van der Waals surface area contributed by atoms with Gasteiger partial charge in [-0.1, -0.05) is 158 Å². The van der Waals surface area contributed by atoms with Gasteiger partial charge in [-0.3, -0.25) is 13.8 Å². The first-order valence-corrected chi connectivity index (χ1v) is 21.0. The molecule has 6 aromatic rings. The van der Waals surface area contributed by atoms with E-state index in [0.717, 1.165) is 27.8 Å². The first kappa shape index (κ1) is 43.8. The molecule has 13 heteroatoms. The van der Waals surface area contributed by atoms with Crippen LogP contribution in [-0.4, -0.2) is 24.0 Å². The van der Waals surface area contributed by atoms with E-state index in [-0.39, 0.29) is 50.1 Å². The van der Waals surface area contributed by atoms with Gasteiger partial charge in [-0.15, -0.1) is 0 Å². The molecule has 0 saturated heterocycles. The fourth-order valence-corrected chi connectivity index (χ4v) is 7.07. The van der Waals surface area contributed by atoms with Crippen LogP contribution in [-0.2, 0) is 71.2 Å². The maximum absolute atomic E-state index is 14.5. The molecule has 0 saturated carbocycles. The molecule has 0 bridgehead atoms. The van der Waals surface area contributed by atoms with Crippen LogP contribution < -0.4 is 19.9 Å². The molecular formula is C48H47N2O10P. The van der Waals surface area contributed by atoms with Gasteiger partial charge >= 0.3 is 19.9 Å². The minimum absolute atomic E-state index is 0.00122. The minimum atomic E-state index is -4.39. The van der Waals surface area contributed by atoms with E-state index in [1.54, 1.807) is 12.1 Å². The van der Waals surface area contributed by atoms with E-state index in [0.29, 0.717) is 0 Å². The molecule has 0 aliphatic heterocycles. The number of carbonyl (C=O) groups excluding carboxylic acids is 3. The molecule has 12 nitrogen and oxygen atoms in total. The summed E-state index contributed by atoms with van der Waals surface area (Å²) in [6.45, 7) is 2.72. The Morgan fingerprint density at radius 1 is 0.557 bits per heavy atom. The number of alkyl carbamates (subject to hydrolysis) is 1. The van der Waals surface area contributed by atoms with E-state index >= 15 is 0 Å². The van der Waals surface area contributed by atoms with Crippen LogP contribution in [0.2, 0.25) is 0 Å². The molecule has 2 atom stereocenters. The molecule has 0 unspecified atom stereocenters. The number of nitrogens with one attached hydrogen (secondary N) is 2. The predicted octanol–water partition coefficient (Wildman–Crippen LogP) is 9.58. The third-order valence-corrected chi connectivity index (χ3v) is 10.7.